The first kappa shape index (κ1) is 17.5. The number of nitrogens with zero attached hydrogens (tertiary/aromatic N) is 4. The number of nitrogens with one attached hydrogen (secondary N) is 1. The second-order valence-corrected chi connectivity index (χ2v) is 5.60. The Kier molecular flexibility index (Phi) is 5.18. The lowest BCUT2D eigenvalue weighted by molar-refractivity contribution is -0.384. The molecule has 1 N–H and O–H groups in total. The maximum atomic E-state index is 10.9. The highest BCUT2D eigenvalue weighted by Gasteiger charge is 2.09. The van der Waals surface area contributed by atoms with Gasteiger partial charge in [-0.15, -0.1) is 0 Å². The molecule has 3 rings (SSSR count). The summed E-state index contributed by atoms with van der Waals surface area (Å²) in [5.74, 6) is 1.29. The molecule has 0 radical (unpaired) electrons. The van der Waals surface area contributed by atoms with E-state index in [0.29, 0.717) is 22.8 Å². The van der Waals surface area contributed by atoms with Gasteiger partial charge in [0.05, 0.1) is 17.7 Å². The van der Waals surface area contributed by atoms with Gasteiger partial charge in [0.25, 0.3) is 5.69 Å². The number of rotatable bonds is 6. The molecule has 1 heterocycles. The van der Waals surface area contributed by atoms with Gasteiger partial charge in [-0.25, -0.2) is 5.10 Å². The van der Waals surface area contributed by atoms with Crippen LogP contribution in [0.4, 0.5) is 5.69 Å². The quantitative estimate of drug-likeness (QED) is 0.308. The van der Waals surface area contributed by atoms with Crippen molar-refractivity contribution in [1.29, 1.82) is 0 Å². The first-order valence-electron chi connectivity index (χ1n) is 7.78. The molecule has 0 bridgehead atoms. The van der Waals surface area contributed by atoms with Gasteiger partial charge < -0.3 is 4.74 Å². The molecule has 2 aromatic carbocycles. The molecule has 0 aliphatic rings. The van der Waals surface area contributed by atoms with Gasteiger partial charge >= 0.3 is 0 Å². The van der Waals surface area contributed by atoms with Crippen molar-refractivity contribution in [1.82, 2.24) is 14.9 Å². The molecule has 0 fully saturated rings. The SMILES string of the molecule is CCOc1ccc(-c2n[nH]c(=S)n2N=Cc2cccc([N+](=O)[O-])c2)cc1. The number of non-ortho nitro benzene ring substituents is 1. The number of nitro benzene ring substituents is 1. The van der Waals surface area contributed by atoms with Gasteiger partial charge in [-0.2, -0.15) is 14.9 Å². The minimum absolute atomic E-state index is 0.00326. The highest BCUT2D eigenvalue weighted by molar-refractivity contribution is 7.71. The summed E-state index contributed by atoms with van der Waals surface area (Å²) in [6, 6.07) is 13.6. The number of nitro groups is 1. The summed E-state index contributed by atoms with van der Waals surface area (Å²) in [5, 5.41) is 22.1. The van der Waals surface area contributed by atoms with E-state index in [9.17, 15) is 10.1 Å². The average molecular weight is 369 g/mol. The van der Waals surface area contributed by atoms with Crippen LogP contribution >= 0.6 is 12.2 Å². The molecule has 1 aromatic heterocycles. The Hall–Kier alpha value is -3.33. The molecule has 0 amide bonds. The van der Waals surface area contributed by atoms with Gasteiger partial charge in [-0.05, 0) is 43.4 Å². The van der Waals surface area contributed by atoms with Crippen LogP contribution in [0.5, 0.6) is 5.75 Å². The number of hydrogen-bond donors (Lipinski definition) is 1. The lowest BCUT2D eigenvalue weighted by atomic mass is 10.2. The third kappa shape index (κ3) is 3.83. The molecule has 3 aromatic rings. The van der Waals surface area contributed by atoms with Crippen LogP contribution in [0.1, 0.15) is 12.5 Å². The molecule has 0 aliphatic heterocycles. The Morgan fingerprint density at radius 1 is 1.35 bits per heavy atom. The second-order valence-electron chi connectivity index (χ2n) is 5.22. The number of hydrogen-bond acceptors (Lipinski definition) is 6. The summed E-state index contributed by atoms with van der Waals surface area (Å²) in [6.45, 7) is 2.51. The Bertz CT molecular complexity index is 1010. The number of aromatic amines is 1. The lowest BCUT2D eigenvalue weighted by Crippen LogP contribution is -1.96. The highest BCUT2D eigenvalue weighted by Crippen LogP contribution is 2.21. The van der Waals surface area contributed by atoms with Crippen molar-refractivity contribution in [3.63, 3.8) is 0 Å². The Balaban J connectivity index is 1.92. The first-order chi connectivity index (χ1) is 12.6. The number of benzene rings is 2. The summed E-state index contributed by atoms with van der Waals surface area (Å²) in [7, 11) is 0. The average Bonchev–Trinajstić information content (AvgIpc) is 3.02. The van der Waals surface area contributed by atoms with E-state index in [2.05, 4.69) is 15.3 Å². The van der Waals surface area contributed by atoms with Crippen LogP contribution in [0.3, 0.4) is 0 Å². The maximum absolute atomic E-state index is 10.9. The Labute approximate surface area is 153 Å². The van der Waals surface area contributed by atoms with Crippen LogP contribution in [0, 0.1) is 14.9 Å². The number of ether oxygens (including phenoxy) is 1. The Morgan fingerprint density at radius 3 is 2.81 bits per heavy atom. The first-order valence-corrected chi connectivity index (χ1v) is 8.19. The predicted molar refractivity (Wildman–Crippen MR) is 100 cm³/mol. The smallest absolute Gasteiger partial charge is 0.270 e. The van der Waals surface area contributed by atoms with Crippen LogP contribution < -0.4 is 4.74 Å². The van der Waals surface area contributed by atoms with Crippen molar-refractivity contribution in [2.45, 2.75) is 6.92 Å². The molecular formula is C17H15N5O3S. The van der Waals surface area contributed by atoms with E-state index in [-0.39, 0.29) is 5.69 Å². The number of aromatic nitrogens is 3. The van der Waals surface area contributed by atoms with Crippen molar-refractivity contribution in [3.8, 4) is 17.1 Å². The molecule has 0 saturated heterocycles. The fourth-order valence-corrected chi connectivity index (χ4v) is 2.47. The van der Waals surface area contributed by atoms with Crippen molar-refractivity contribution in [2.24, 2.45) is 5.10 Å². The van der Waals surface area contributed by atoms with E-state index in [1.165, 1.54) is 23.0 Å². The molecule has 8 nitrogen and oxygen atoms in total. The zero-order chi connectivity index (χ0) is 18.5. The minimum atomic E-state index is -0.452. The van der Waals surface area contributed by atoms with E-state index in [4.69, 9.17) is 17.0 Å². The zero-order valence-electron chi connectivity index (χ0n) is 13.8. The van der Waals surface area contributed by atoms with E-state index in [1.807, 2.05) is 31.2 Å². The molecule has 26 heavy (non-hydrogen) atoms. The molecule has 0 unspecified atom stereocenters. The van der Waals surface area contributed by atoms with Gasteiger partial charge in [0.1, 0.15) is 5.75 Å². The molecule has 0 atom stereocenters. The van der Waals surface area contributed by atoms with Crippen LogP contribution in [0.2, 0.25) is 0 Å². The van der Waals surface area contributed by atoms with Gasteiger partial charge in [0, 0.05) is 23.3 Å². The standard InChI is InChI=1S/C17H15N5O3S/c1-2-25-15-8-6-13(7-9-15)16-19-20-17(26)21(16)18-11-12-4-3-5-14(10-12)22(23)24/h3-11H,2H2,1H3,(H,20,26). The van der Waals surface area contributed by atoms with Crippen molar-refractivity contribution >= 4 is 24.1 Å². The largest absolute Gasteiger partial charge is 0.494 e. The predicted octanol–water partition coefficient (Wildman–Crippen LogP) is 3.80. The second kappa shape index (κ2) is 7.70. The summed E-state index contributed by atoms with van der Waals surface area (Å²) in [6.07, 6.45) is 1.50. The topological polar surface area (TPSA) is 98.3 Å². The normalized spacial score (nSPS) is 11.0. The summed E-state index contributed by atoms with van der Waals surface area (Å²) in [5.41, 5.74) is 1.38. The molecule has 0 aliphatic carbocycles. The molecular weight excluding hydrogens is 354 g/mol. The minimum Gasteiger partial charge on any atom is -0.494 e. The fraction of sp³-hybridized carbons (Fsp3) is 0.118. The Morgan fingerprint density at radius 2 is 2.12 bits per heavy atom. The van der Waals surface area contributed by atoms with E-state index in [0.717, 1.165) is 11.3 Å². The van der Waals surface area contributed by atoms with Crippen LogP contribution in [0.15, 0.2) is 53.6 Å². The van der Waals surface area contributed by atoms with E-state index >= 15 is 0 Å². The van der Waals surface area contributed by atoms with Gasteiger partial charge in [0.2, 0.25) is 4.77 Å². The van der Waals surface area contributed by atoms with Crippen LogP contribution in [0.25, 0.3) is 11.4 Å². The monoisotopic (exact) mass is 369 g/mol. The lowest BCUT2D eigenvalue weighted by Gasteiger charge is -2.04. The zero-order valence-corrected chi connectivity index (χ0v) is 14.6. The van der Waals surface area contributed by atoms with Gasteiger partial charge in [-0.1, -0.05) is 12.1 Å². The maximum Gasteiger partial charge on any atom is 0.270 e. The summed E-state index contributed by atoms with van der Waals surface area (Å²) >= 11 is 5.22. The molecule has 0 saturated carbocycles. The molecule has 9 heteroatoms. The summed E-state index contributed by atoms with van der Waals surface area (Å²) in [4.78, 5) is 10.4. The van der Waals surface area contributed by atoms with Gasteiger partial charge in [0.15, 0.2) is 5.82 Å². The van der Waals surface area contributed by atoms with Crippen molar-refractivity contribution < 1.29 is 9.66 Å². The van der Waals surface area contributed by atoms with Crippen LogP contribution in [-0.2, 0) is 0 Å². The molecule has 0 spiro atoms. The molecule has 132 valence electrons. The fourth-order valence-electron chi connectivity index (χ4n) is 2.30. The number of H-pyrrole nitrogens is 1. The van der Waals surface area contributed by atoms with E-state index in [1.54, 1.807) is 12.1 Å². The van der Waals surface area contributed by atoms with E-state index < -0.39 is 4.92 Å². The highest BCUT2D eigenvalue weighted by atomic mass is 32.1. The third-order valence-electron chi connectivity index (χ3n) is 3.48. The third-order valence-corrected chi connectivity index (χ3v) is 3.74. The summed E-state index contributed by atoms with van der Waals surface area (Å²) < 4.78 is 7.21. The van der Waals surface area contributed by atoms with Crippen LogP contribution in [-0.4, -0.2) is 32.6 Å². The van der Waals surface area contributed by atoms with Crippen molar-refractivity contribution in [2.75, 3.05) is 6.61 Å². The van der Waals surface area contributed by atoms with Crippen molar-refractivity contribution in [3.05, 3.63) is 69.0 Å². The van der Waals surface area contributed by atoms with Gasteiger partial charge in [-0.3, -0.25) is 10.1 Å².